The monoisotopic (exact) mass is 330 g/mol. The first-order valence-electron chi connectivity index (χ1n) is 8.19. The number of methoxy groups -OCH3 is 2. The van der Waals surface area contributed by atoms with Crippen molar-refractivity contribution in [1.29, 1.82) is 0 Å². The van der Waals surface area contributed by atoms with Crippen molar-refractivity contribution in [3.05, 3.63) is 34.2 Å². The smallest absolute Gasteiger partial charge is 0.258 e. The number of carbonyl (C=O) groups excluding carboxylic acids is 1. The molecular weight excluding hydrogens is 308 g/mol. The van der Waals surface area contributed by atoms with Gasteiger partial charge in [0.05, 0.1) is 25.2 Å². The van der Waals surface area contributed by atoms with Crippen LogP contribution in [0.2, 0.25) is 0 Å². The van der Waals surface area contributed by atoms with Crippen LogP contribution in [0.5, 0.6) is 11.5 Å². The summed E-state index contributed by atoms with van der Waals surface area (Å²) in [7, 11) is 3.06. The number of hydrogen-bond donors (Lipinski definition) is 1. The standard InChI is InChI=1S/C18H22N2O4/c1-4-20-10-14(17(21)19-11-6-5-7-11)12-8-15(23-2)16(24-3)9-13(12)18(20)22/h8-11H,4-7H2,1-3H3,(H,19,21). The SMILES string of the molecule is CCn1cc(C(=O)NC2CCC2)c2cc(OC)c(OC)cc2c1=O. The molecule has 1 aliphatic carbocycles. The van der Waals surface area contributed by atoms with E-state index in [1.54, 1.807) is 22.9 Å². The lowest BCUT2D eigenvalue weighted by molar-refractivity contribution is 0.0918. The van der Waals surface area contributed by atoms with E-state index in [4.69, 9.17) is 9.47 Å². The molecule has 1 saturated carbocycles. The van der Waals surface area contributed by atoms with Gasteiger partial charge in [-0.05, 0) is 38.3 Å². The van der Waals surface area contributed by atoms with Gasteiger partial charge in [-0.1, -0.05) is 0 Å². The predicted molar refractivity (Wildman–Crippen MR) is 92.1 cm³/mol. The number of ether oxygens (including phenoxy) is 2. The lowest BCUT2D eigenvalue weighted by Crippen LogP contribution is -2.40. The van der Waals surface area contributed by atoms with E-state index in [0.717, 1.165) is 19.3 Å². The summed E-state index contributed by atoms with van der Waals surface area (Å²) >= 11 is 0. The zero-order valence-corrected chi connectivity index (χ0v) is 14.2. The minimum atomic E-state index is -0.154. The number of hydrogen-bond acceptors (Lipinski definition) is 4. The van der Waals surface area contributed by atoms with E-state index in [9.17, 15) is 9.59 Å². The van der Waals surface area contributed by atoms with Crippen molar-refractivity contribution >= 4 is 16.7 Å². The van der Waals surface area contributed by atoms with Crippen LogP contribution in [-0.4, -0.2) is 30.7 Å². The lowest BCUT2D eigenvalue weighted by Gasteiger charge is -2.26. The van der Waals surface area contributed by atoms with Crippen LogP contribution in [0, 0.1) is 0 Å². The molecule has 0 radical (unpaired) electrons. The average molecular weight is 330 g/mol. The maximum Gasteiger partial charge on any atom is 0.258 e. The Kier molecular flexibility index (Phi) is 4.46. The summed E-state index contributed by atoms with van der Waals surface area (Å²) in [4.78, 5) is 25.3. The fourth-order valence-electron chi connectivity index (χ4n) is 2.95. The van der Waals surface area contributed by atoms with E-state index in [0.29, 0.717) is 34.4 Å². The average Bonchev–Trinajstić information content (AvgIpc) is 2.57. The van der Waals surface area contributed by atoms with E-state index >= 15 is 0 Å². The molecular formula is C18H22N2O4. The van der Waals surface area contributed by atoms with E-state index in [1.807, 2.05) is 6.92 Å². The van der Waals surface area contributed by atoms with Crippen molar-refractivity contribution in [3.8, 4) is 11.5 Å². The third-order valence-electron chi connectivity index (χ3n) is 4.62. The summed E-state index contributed by atoms with van der Waals surface area (Å²) in [6.07, 6.45) is 4.79. The van der Waals surface area contributed by atoms with Gasteiger partial charge in [0, 0.05) is 24.2 Å². The molecule has 0 spiro atoms. The quantitative estimate of drug-likeness (QED) is 0.913. The normalized spacial score (nSPS) is 14.3. The number of pyridine rings is 1. The highest BCUT2D eigenvalue weighted by atomic mass is 16.5. The number of aromatic nitrogens is 1. The Hall–Kier alpha value is -2.50. The molecule has 2 aromatic rings. The Morgan fingerprint density at radius 3 is 2.33 bits per heavy atom. The van der Waals surface area contributed by atoms with E-state index in [2.05, 4.69) is 5.32 Å². The molecule has 6 heteroatoms. The number of nitrogens with zero attached hydrogens (tertiary/aromatic N) is 1. The maximum absolute atomic E-state index is 12.7. The highest BCUT2D eigenvalue weighted by molar-refractivity contribution is 6.07. The summed E-state index contributed by atoms with van der Waals surface area (Å²) in [5.74, 6) is 0.816. The van der Waals surface area contributed by atoms with Crippen LogP contribution in [0.3, 0.4) is 0 Å². The number of amides is 1. The first-order valence-corrected chi connectivity index (χ1v) is 8.19. The number of nitrogens with one attached hydrogen (secondary N) is 1. The van der Waals surface area contributed by atoms with Crippen molar-refractivity contribution in [3.63, 3.8) is 0 Å². The summed E-state index contributed by atoms with van der Waals surface area (Å²) in [6, 6.07) is 3.57. The zero-order valence-electron chi connectivity index (χ0n) is 14.2. The highest BCUT2D eigenvalue weighted by Gasteiger charge is 2.23. The van der Waals surface area contributed by atoms with Gasteiger partial charge in [-0.2, -0.15) is 0 Å². The van der Waals surface area contributed by atoms with Crippen molar-refractivity contribution in [2.24, 2.45) is 0 Å². The Morgan fingerprint density at radius 1 is 1.21 bits per heavy atom. The van der Waals surface area contributed by atoms with Crippen LogP contribution < -0.4 is 20.3 Å². The Balaban J connectivity index is 2.20. The predicted octanol–water partition coefficient (Wildman–Crippen LogP) is 2.32. The summed E-state index contributed by atoms with van der Waals surface area (Å²) < 4.78 is 12.2. The molecule has 128 valence electrons. The molecule has 0 saturated heterocycles. The number of carbonyl (C=O) groups is 1. The number of aryl methyl sites for hydroxylation is 1. The molecule has 1 aliphatic rings. The molecule has 0 aliphatic heterocycles. The van der Waals surface area contributed by atoms with Gasteiger partial charge in [0.2, 0.25) is 0 Å². The van der Waals surface area contributed by atoms with Gasteiger partial charge in [-0.3, -0.25) is 9.59 Å². The highest BCUT2D eigenvalue weighted by Crippen LogP contribution is 2.32. The van der Waals surface area contributed by atoms with Crippen LogP contribution in [0.25, 0.3) is 10.8 Å². The zero-order chi connectivity index (χ0) is 17.3. The molecule has 1 fully saturated rings. The minimum Gasteiger partial charge on any atom is -0.493 e. The summed E-state index contributed by atoms with van der Waals surface area (Å²) in [6.45, 7) is 2.37. The fraction of sp³-hybridized carbons (Fsp3) is 0.444. The van der Waals surface area contributed by atoms with Gasteiger partial charge in [0.25, 0.3) is 11.5 Å². The van der Waals surface area contributed by atoms with Gasteiger partial charge >= 0.3 is 0 Å². The van der Waals surface area contributed by atoms with Gasteiger partial charge in [0.1, 0.15) is 0 Å². The molecule has 0 bridgehead atoms. The minimum absolute atomic E-state index is 0.145. The second-order valence-corrected chi connectivity index (χ2v) is 5.99. The van der Waals surface area contributed by atoms with Crippen LogP contribution in [0.4, 0.5) is 0 Å². The Morgan fingerprint density at radius 2 is 1.83 bits per heavy atom. The number of benzene rings is 1. The molecule has 0 unspecified atom stereocenters. The third kappa shape index (κ3) is 2.72. The maximum atomic E-state index is 12.7. The van der Waals surface area contributed by atoms with E-state index < -0.39 is 0 Å². The fourth-order valence-corrected chi connectivity index (χ4v) is 2.95. The molecule has 1 aromatic heterocycles. The van der Waals surface area contributed by atoms with Gasteiger partial charge < -0.3 is 19.4 Å². The topological polar surface area (TPSA) is 69.6 Å². The van der Waals surface area contributed by atoms with Crippen LogP contribution in [0.15, 0.2) is 23.1 Å². The second-order valence-electron chi connectivity index (χ2n) is 5.99. The first kappa shape index (κ1) is 16.4. The molecule has 1 N–H and O–H groups in total. The molecule has 24 heavy (non-hydrogen) atoms. The van der Waals surface area contributed by atoms with Crippen LogP contribution in [0.1, 0.15) is 36.5 Å². The van der Waals surface area contributed by atoms with Gasteiger partial charge in [-0.25, -0.2) is 0 Å². The first-order chi connectivity index (χ1) is 11.6. The van der Waals surface area contributed by atoms with Crippen LogP contribution in [-0.2, 0) is 6.54 Å². The second kappa shape index (κ2) is 6.55. The molecule has 3 rings (SSSR count). The Labute approximate surface area is 140 Å². The van der Waals surface area contributed by atoms with Gasteiger partial charge in [-0.15, -0.1) is 0 Å². The molecule has 1 amide bonds. The number of rotatable bonds is 5. The van der Waals surface area contributed by atoms with Crippen molar-refractivity contribution in [1.82, 2.24) is 9.88 Å². The van der Waals surface area contributed by atoms with Gasteiger partial charge in [0.15, 0.2) is 11.5 Å². The molecule has 6 nitrogen and oxygen atoms in total. The lowest BCUT2D eigenvalue weighted by atomic mass is 9.92. The molecule has 0 atom stereocenters. The van der Waals surface area contributed by atoms with E-state index in [-0.39, 0.29) is 17.5 Å². The largest absolute Gasteiger partial charge is 0.493 e. The van der Waals surface area contributed by atoms with Crippen LogP contribution >= 0.6 is 0 Å². The summed E-state index contributed by atoms with van der Waals surface area (Å²) in [5, 5.41) is 4.07. The molecule has 1 heterocycles. The molecule has 1 aromatic carbocycles. The Bertz CT molecular complexity index is 837. The number of fused-ring (bicyclic) bond motifs is 1. The van der Waals surface area contributed by atoms with Crippen molar-refractivity contribution in [2.45, 2.75) is 38.8 Å². The van der Waals surface area contributed by atoms with E-state index in [1.165, 1.54) is 14.2 Å². The summed E-state index contributed by atoms with van der Waals surface area (Å²) in [5.41, 5.74) is 0.341. The van der Waals surface area contributed by atoms with Crippen molar-refractivity contribution < 1.29 is 14.3 Å². The third-order valence-corrected chi connectivity index (χ3v) is 4.62. The van der Waals surface area contributed by atoms with Crippen molar-refractivity contribution in [2.75, 3.05) is 14.2 Å².